The summed E-state index contributed by atoms with van der Waals surface area (Å²) in [4.78, 5) is 0. The lowest BCUT2D eigenvalue weighted by atomic mass is 10.1. The van der Waals surface area contributed by atoms with Crippen LogP contribution in [0.5, 0.6) is 5.75 Å². The molecule has 0 fully saturated rings. The first kappa shape index (κ1) is 16.3. The van der Waals surface area contributed by atoms with E-state index in [1.807, 2.05) is 24.3 Å². The Morgan fingerprint density at radius 2 is 2.24 bits per heavy atom. The van der Waals surface area contributed by atoms with E-state index in [2.05, 4.69) is 29.1 Å². The zero-order chi connectivity index (χ0) is 14.9. The van der Waals surface area contributed by atoms with Crippen molar-refractivity contribution < 1.29 is 4.74 Å². The van der Waals surface area contributed by atoms with E-state index in [4.69, 9.17) is 16.3 Å². The summed E-state index contributed by atoms with van der Waals surface area (Å²) in [6.45, 7) is 3.87. The molecule has 4 heteroatoms. The third-order valence-corrected chi connectivity index (χ3v) is 4.26. The maximum atomic E-state index is 5.98. The first-order valence-corrected chi connectivity index (χ1v) is 8.73. The Hall–Kier alpha value is -1.03. The molecule has 1 atom stereocenters. The van der Waals surface area contributed by atoms with Crippen molar-refractivity contribution >= 4 is 22.9 Å². The number of rotatable bonds is 9. The molecule has 1 unspecified atom stereocenters. The fourth-order valence-corrected chi connectivity index (χ4v) is 3.01. The van der Waals surface area contributed by atoms with Gasteiger partial charge >= 0.3 is 0 Å². The average Bonchev–Trinajstić information content (AvgIpc) is 3.00. The van der Waals surface area contributed by atoms with Gasteiger partial charge in [0.15, 0.2) is 0 Å². The highest BCUT2D eigenvalue weighted by Gasteiger charge is 2.09. The molecule has 0 aliphatic heterocycles. The summed E-state index contributed by atoms with van der Waals surface area (Å²) < 4.78 is 5.87. The molecule has 2 nitrogen and oxygen atoms in total. The summed E-state index contributed by atoms with van der Waals surface area (Å²) in [5, 5.41) is 8.62. The maximum Gasteiger partial charge on any atom is 0.120 e. The van der Waals surface area contributed by atoms with Gasteiger partial charge in [-0.3, -0.25) is 0 Å². The van der Waals surface area contributed by atoms with Gasteiger partial charge in [-0.15, -0.1) is 0 Å². The predicted molar refractivity (Wildman–Crippen MR) is 91.7 cm³/mol. The summed E-state index contributed by atoms with van der Waals surface area (Å²) in [6.07, 6.45) is 3.30. The van der Waals surface area contributed by atoms with Gasteiger partial charge in [0, 0.05) is 11.1 Å². The number of benzene rings is 1. The fraction of sp³-hybridized carbons (Fsp3) is 0.412. The van der Waals surface area contributed by atoms with Crippen molar-refractivity contribution in [1.29, 1.82) is 0 Å². The second-order valence-electron chi connectivity index (χ2n) is 5.09. The first-order chi connectivity index (χ1) is 10.3. The number of aryl methyl sites for hydroxylation is 1. The molecule has 0 aliphatic rings. The number of halogens is 1. The molecule has 2 aromatic rings. The Labute approximate surface area is 136 Å². The van der Waals surface area contributed by atoms with E-state index in [-0.39, 0.29) is 0 Å². The fourth-order valence-electron chi connectivity index (χ4n) is 2.12. The molecule has 1 heterocycles. The molecular formula is C17H22ClNOS. The van der Waals surface area contributed by atoms with Crippen molar-refractivity contribution in [2.45, 2.75) is 32.2 Å². The Morgan fingerprint density at radius 1 is 1.33 bits per heavy atom. The number of ether oxygens (including phenoxy) is 1. The lowest BCUT2D eigenvalue weighted by Gasteiger charge is -2.19. The molecule has 0 amide bonds. The van der Waals surface area contributed by atoms with Gasteiger partial charge in [0.1, 0.15) is 12.4 Å². The van der Waals surface area contributed by atoms with Crippen LogP contribution in [0.25, 0.3) is 0 Å². The predicted octanol–water partition coefficient (Wildman–Crippen LogP) is 4.78. The molecule has 0 saturated carbocycles. The van der Waals surface area contributed by atoms with Gasteiger partial charge in [-0.25, -0.2) is 0 Å². The monoisotopic (exact) mass is 323 g/mol. The smallest absolute Gasteiger partial charge is 0.120 e. The lowest BCUT2D eigenvalue weighted by Crippen LogP contribution is -2.35. The standard InChI is InChI=1S/C17H22ClNOS/c1-2-9-19-16(7-6-14-8-10-21-13-14)12-20-17-5-3-4-15(18)11-17/h3-5,8,10-11,13,16,19H,2,6-7,9,12H2,1H3. The van der Waals surface area contributed by atoms with Crippen molar-refractivity contribution in [1.82, 2.24) is 5.32 Å². The highest BCUT2D eigenvalue weighted by Crippen LogP contribution is 2.18. The van der Waals surface area contributed by atoms with Crippen molar-refractivity contribution in [3.8, 4) is 5.75 Å². The van der Waals surface area contributed by atoms with Crippen LogP contribution in [0.3, 0.4) is 0 Å². The second-order valence-corrected chi connectivity index (χ2v) is 6.31. The number of nitrogens with one attached hydrogen (secondary N) is 1. The largest absolute Gasteiger partial charge is 0.492 e. The van der Waals surface area contributed by atoms with Crippen molar-refractivity contribution in [3.05, 3.63) is 51.7 Å². The van der Waals surface area contributed by atoms with Crippen LogP contribution in [0.2, 0.25) is 5.02 Å². The quantitative estimate of drug-likeness (QED) is 0.717. The zero-order valence-corrected chi connectivity index (χ0v) is 13.9. The van der Waals surface area contributed by atoms with E-state index in [0.29, 0.717) is 17.7 Å². The van der Waals surface area contributed by atoms with E-state index in [9.17, 15) is 0 Å². The van der Waals surface area contributed by atoms with Crippen LogP contribution in [0.15, 0.2) is 41.1 Å². The van der Waals surface area contributed by atoms with Gasteiger partial charge in [-0.2, -0.15) is 11.3 Å². The van der Waals surface area contributed by atoms with E-state index in [0.717, 1.165) is 31.6 Å². The Balaban J connectivity index is 1.83. The summed E-state index contributed by atoms with van der Waals surface area (Å²) >= 11 is 7.73. The number of hydrogen-bond acceptors (Lipinski definition) is 3. The SMILES string of the molecule is CCCNC(CCc1ccsc1)COc1cccc(Cl)c1. The molecule has 21 heavy (non-hydrogen) atoms. The highest BCUT2D eigenvalue weighted by molar-refractivity contribution is 7.07. The van der Waals surface area contributed by atoms with Gasteiger partial charge in [0.05, 0.1) is 0 Å². The van der Waals surface area contributed by atoms with Crippen LogP contribution >= 0.6 is 22.9 Å². The lowest BCUT2D eigenvalue weighted by molar-refractivity contribution is 0.257. The number of thiophene rings is 1. The molecule has 2 rings (SSSR count). The van der Waals surface area contributed by atoms with E-state index in [1.54, 1.807) is 11.3 Å². The molecule has 114 valence electrons. The molecule has 0 bridgehead atoms. The van der Waals surface area contributed by atoms with E-state index >= 15 is 0 Å². The van der Waals surface area contributed by atoms with Gasteiger partial charge in [-0.1, -0.05) is 24.6 Å². The molecule has 1 N–H and O–H groups in total. The molecule has 0 saturated heterocycles. The first-order valence-electron chi connectivity index (χ1n) is 7.40. The Kier molecular flexibility index (Phi) is 7.07. The van der Waals surface area contributed by atoms with Gasteiger partial charge in [0.2, 0.25) is 0 Å². The van der Waals surface area contributed by atoms with Crippen LogP contribution in [0.4, 0.5) is 0 Å². The average molecular weight is 324 g/mol. The topological polar surface area (TPSA) is 21.3 Å². The minimum Gasteiger partial charge on any atom is -0.492 e. The van der Waals surface area contributed by atoms with Crippen LogP contribution in [0, 0.1) is 0 Å². The summed E-state index contributed by atoms with van der Waals surface area (Å²) in [5.74, 6) is 0.835. The van der Waals surface area contributed by atoms with Crippen LogP contribution in [-0.4, -0.2) is 19.2 Å². The van der Waals surface area contributed by atoms with Crippen LogP contribution in [0.1, 0.15) is 25.3 Å². The third-order valence-electron chi connectivity index (χ3n) is 3.29. The summed E-state index contributed by atoms with van der Waals surface area (Å²) in [5.41, 5.74) is 1.41. The van der Waals surface area contributed by atoms with Gasteiger partial charge < -0.3 is 10.1 Å². The van der Waals surface area contributed by atoms with Crippen LogP contribution in [-0.2, 0) is 6.42 Å². The van der Waals surface area contributed by atoms with Crippen LogP contribution < -0.4 is 10.1 Å². The molecule has 1 aromatic carbocycles. The molecular weight excluding hydrogens is 302 g/mol. The minimum atomic E-state index is 0.365. The van der Waals surface area contributed by atoms with Gasteiger partial charge in [-0.05, 0) is 66.4 Å². The van der Waals surface area contributed by atoms with Crippen molar-refractivity contribution in [3.63, 3.8) is 0 Å². The Morgan fingerprint density at radius 3 is 2.95 bits per heavy atom. The third kappa shape index (κ3) is 6.08. The maximum absolute atomic E-state index is 5.98. The second kappa shape index (κ2) is 9.08. The van der Waals surface area contributed by atoms with Gasteiger partial charge in [0.25, 0.3) is 0 Å². The zero-order valence-electron chi connectivity index (χ0n) is 12.3. The molecule has 1 aromatic heterocycles. The highest BCUT2D eigenvalue weighted by atomic mass is 35.5. The summed E-state index contributed by atoms with van der Waals surface area (Å²) in [6, 6.07) is 10.1. The molecule has 0 radical (unpaired) electrons. The normalized spacial score (nSPS) is 12.3. The minimum absolute atomic E-state index is 0.365. The Bertz CT molecular complexity index is 515. The number of hydrogen-bond donors (Lipinski definition) is 1. The summed E-state index contributed by atoms with van der Waals surface area (Å²) in [7, 11) is 0. The van der Waals surface area contributed by atoms with Crippen molar-refractivity contribution in [2.75, 3.05) is 13.2 Å². The van der Waals surface area contributed by atoms with E-state index < -0.39 is 0 Å². The molecule has 0 spiro atoms. The molecule has 0 aliphatic carbocycles. The van der Waals surface area contributed by atoms with Crippen molar-refractivity contribution in [2.24, 2.45) is 0 Å². The van der Waals surface area contributed by atoms with E-state index in [1.165, 1.54) is 5.56 Å².